The number of anilines is 1. The van der Waals surface area contributed by atoms with E-state index in [-0.39, 0.29) is 24.4 Å². The number of nitrogens with one attached hydrogen (secondary N) is 2. The molecule has 164 valence electrons. The molecule has 0 atom stereocenters. The lowest BCUT2D eigenvalue weighted by Gasteiger charge is -2.05. The molecule has 4 aromatic rings. The number of carbonyl (C=O) groups is 1. The third kappa shape index (κ3) is 5.55. The summed E-state index contributed by atoms with van der Waals surface area (Å²) < 4.78 is 31.7. The zero-order chi connectivity index (χ0) is 22.5. The third-order valence-corrected chi connectivity index (χ3v) is 5.21. The van der Waals surface area contributed by atoms with Crippen molar-refractivity contribution in [2.75, 3.05) is 5.32 Å². The quantitative estimate of drug-likeness (QED) is 0.380. The van der Waals surface area contributed by atoms with E-state index < -0.39 is 17.5 Å². The molecular formula is C21H18F2N6O2S. The van der Waals surface area contributed by atoms with E-state index in [2.05, 4.69) is 30.6 Å². The Bertz CT molecular complexity index is 1240. The van der Waals surface area contributed by atoms with Crippen molar-refractivity contribution in [2.45, 2.75) is 30.7 Å². The van der Waals surface area contributed by atoms with Gasteiger partial charge < -0.3 is 9.84 Å². The molecule has 2 aromatic heterocycles. The van der Waals surface area contributed by atoms with E-state index in [1.807, 2.05) is 31.2 Å². The lowest BCUT2D eigenvalue weighted by atomic mass is 10.1. The van der Waals surface area contributed by atoms with Crippen LogP contribution >= 0.6 is 11.8 Å². The fraction of sp³-hybridized carbons (Fsp3) is 0.190. The highest BCUT2D eigenvalue weighted by molar-refractivity contribution is 7.98. The van der Waals surface area contributed by atoms with Gasteiger partial charge in [0.15, 0.2) is 11.6 Å². The SMILES string of the molecule is Cc1cccc(-c2nc(SCc3noc(CCC(=O)Nc4ccc(F)cc4F)n3)n[nH]2)c1. The molecule has 2 N–H and O–H groups in total. The second kappa shape index (κ2) is 9.69. The third-order valence-electron chi connectivity index (χ3n) is 4.37. The van der Waals surface area contributed by atoms with Gasteiger partial charge in [0.2, 0.25) is 17.0 Å². The summed E-state index contributed by atoms with van der Waals surface area (Å²) in [5.41, 5.74) is 1.99. The molecule has 0 radical (unpaired) electrons. The van der Waals surface area contributed by atoms with Gasteiger partial charge in [-0.2, -0.15) is 4.98 Å². The first-order valence-electron chi connectivity index (χ1n) is 9.65. The lowest BCUT2D eigenvalue weighted by Crippen LogP contribution is -2.13. The maximum Gasteiger partial charge on any atom is 0.227 e. The standard InChI is InChI=1S/C21H18F2N6O2S/c1-12-3-2-4-13(9-12)20-26-21(28-27-20)32-11-17-25-19(31-29-17)8-7-18(30)24-16-6-5-14(22)10-15(16)23/h2-6,9-10H,7-8,11H2,1H3,(H,24,30)(H,26,27,28). The monoisotopic (exact) mass is 456 g/mol. The van der Waals surface area contributed by atoms with E-state index in [0.29, 0.717) is 28.6 Å². The predicted molar refractivity (Wildman–Crippen MR) is 114 cm³/mol. The van der Waals surface area contributed by atoms with Crippen LogP contribution < -0.4 is 5.32 Å². The van der Waals surface area contributed by atoms with Crippen molar-refractivity contribution < 1.29 is 18.1 Å². The number of halogens is 2. The number of aromatic amines is 1. The van der Waals surface area contributed by atoms with Gasteiger partial charge in [0, 0.05) is 24.5 Å². The Hall–Kier alpha value is -3.60. The number of thioether (sulfide) groups is 1. The normalized spacial score (nSPS) is 11.0. The molecule has 4 rings (SSSR count). The highest BCUT2D eigenvalue weighted by Gasteiger charge is 2.13. The summed E-state index contributed by atoms with van der Waals surface area (Å²) in [5.74, 6) is -0.215. The average molecular weight is 456 g/mol. The Labute approximate surface area is 185 Å². The Kier molecular flexibility index (Phi) is 6.55. The molecule has 0 saturated heterocycles. The van der Waals surface area contributed by atoms with E-state index in [9.17, 15) is 13.6 Å². The van der Waals surface area contributed by atoms with Crippen molar-refractivity contribution in [1.29, 1.82) is 0 Å². The van der Waals surface area contributed by atoms with E-state index >= 15 is 0 Å². The van der Waals surface area contributed by atoms with Crippen molar-refractivity contribution in [3.63, 3.8) is 0 Å². The highest BCUT2D eigenvalue weighted by Crippen LogP contribution is 2.22. The Balaban J connectivity index is 1.26. The van der Waals surface area contributed by atoms with Gasteiger partial charge in [-0.3, -0.25) is 9.89 Å². The molecule has 11 heteroatoms. The molecule has 0 aliphatic carbocycles. The number of benzene rings is 2. The van der Waals surface area contributed by atoms with Gasteiger partial charge in [-0.15, -0.1) is 5.10 Å². The summed E-state index contributed by atoms with van der Waals surface area (Å²) in [6.07, 6.45) is 0.191. The molecule has 2 aromatic carbocycles. The topological polar surface area (TPSA) is 110 Å². The number of aryl methyl sites for hydroxylation is 2. The van der Waals surface area contributed by atoms with Crippen molar-refractivity contribution in [3.05, 3.63) is 71.4 Å². The van der Waals surface area contributed by atoms with Crippen molar-refractivity contribution in [2.24, 2.45) is 0 Å². The molecule has 1 amide bonds. The molecular weight excluding hydrogens is 438 g/mol. The molecule has 0 saturated carbocycles. The van der Waals surface area contributed by atoms with Gasteiger partial charge in [-0.1, -0.05) is 40.7 Å². The summed E-state index contributed by atoms with van der Waals surface area (Å²) in [4.78, 5) is 20.7. The summed E-state index contributed by atoms with van der Waals surface area (Å²) >= 11 is 1.35. The summed E-state index contributed by atoms with van der Waals surface area (Å²) in [7, 11) is 0. The van der Waals surface area contributed by atoms with Gasteiger partial charge in [0.1, 0.15) is 11.6 Å². The van der Waals surface area contributed by atoms with Crippen LogP contribution in [-0.2, 0) is 17.0 Å². The van der Waals surface area contributed by atoms with Gasteiger partial charge >= 0.3 is 0 Å². The minimum atomic E-state index is -0.840. The first-order valence-corrected chi connectivity index (χ1v) is 10.6. The van der Waals surface area contributed by atoms with E-state index in [4.69, 9.17) is 4.52 Å². The minimum Gasteiger partial charge on any atom is -0.339 e. The van der Waals surface area contributed by atoms with Crippen molar-refractivity contribution in [3.8, 4) is 11.4 Å². The molecule has 32 heavy (non-hydrogen) atoms. The van der Waals surface area contributed by atoms with Gasteiger partial charge in [0.25, 0.3) is 0 Å². The van der Waals surface area contributed by atoms with E-state index in [1.54, 1.807) is 0 Å². The fourth-order valence-electron chi connectivity index (χ4n) is 2.84. The van der Waals surface area contributed by atoms with Crippen LogP contribution in [0.4, 0.5) is 14.5 Å². The van der Waals surface area contributed by atoms with Crippen LogP contribution in [0.5, 0.6) is 0 Å². The number of hydrogen-bond donors (Lipinski definition) is 2. The first kappa shape index (κ1) is 21.6. The van der Waals surface area contributed by atoms with Crippen LogP contribution in [-0.4, -0.2) is 31.2 Å². The lowest BCUT2D eigenvalue weighted by molar-refractivity contribution is -0.116. The Morgan fingerprint density at radius 1 is 1.19 bits per heavy atom. The minimum absolute atomic E-state index is 0.00632. The number of aromatic nitrogens is 5. The number of nitrogens with zero attached hydrogens (tertiary/aromatic N) is 4. The molecule has 0 unspecified atom stereocenters. The Morgan fingerprint density at radius 3 is 2.88 bits per heavy atom. The fourth-order valence-corrected chi connectivity index (χ4v) is 3.48. The smallest absolute Gasteiger partial charge is 0.227 e. The van der Waals surface area contributed by atoms with Crippen LogP contribution in [0.2, 0.25) is 0 Å². The first-order chi connectivity index (χ1) is 15.5. The van der Waals surface area contributed by atoms with Gasteiger partial charge in [-0.05, 0) is 25.1 Å². The molecule has 0 fully saturated rings. The number of rotatable bonds is 8. The predicted octanol–water partition coefficient (Wildman–Crippen LogP) is 4.30. The highest BCUT2D eigenvalue weighted by atomic mass is 32.2. The van der Waals surface area contributed by atoms with Crippen molar-refractivity contribution >= 4 is 23.4 Å². The van der Waals surface area contributed by atoms with Crippen LogP contribution in [0, 0.1) is 18.6 Å². The molecule has 8 nitrogen and oxygen atoms in total. The molecule has 0 spiro atoms. The molecule has 0 bridgehead atoms. The maximum atomic E-state index is 13.6. The summed E-state index contributed by atoms with van der Waals surface area (Å²) in [6.45, 7) is 2.01. The van der Waals surface area contributed by atoms with Gasteiger partial charge in [0.05, 0.1) is 11.4 Å². The second-order valence-electron chi connectivity index (χ2n) is 6.90. The average Bonchev–Trinajstić information content (AvgIpc) is 3.42. The summed E-state index contributed by atoms with van der Waals surface area (Å²) in [5, 5.41) is 13.9. The second-order valence-corrected chi connectivity index (χ2v) is 7.84. The largest absolute Gasteiger partial charge is 0.339 e. The van der Waals surface area contributed by atoms with Crippen LogP contribution in [0.3, 0.4) is 0 Å². The van der Waals surface area contributed by atoms with E-state index in [1.165, 1.54) is 11.8 Å². The number of amides is 1. The molecule has 0 aliphatic heterocycles. The number of carbonyl (C=O) groups excluding carboxylic acids is 1. The van der Waals surface area contributed by atoms with Crippen molar-refractivity contribution in [1.82, 2.24) is 25.3 Å². The summed E-state index contributed by atoms with van der Waals surface area (Å²) in [6, 6.07) is 10.9. The molecule has 2 heterocycles. The van der Waals surface area contributed by atoms with Crippen LogP contribution in [0.25, 0.3) is 11.4 Å². The van der Waals surface area contributed by atoms with Crippen LogP contribution in [0.1, 0.15) is 23.7 Å². The Morgan fingerprint density at radius 2 is 2.06 bits per heavy atom. The van der Waals surface area contributed by atoms with Crippen LogP contribution in [0.15, 0.2) is 52.1 Å². The van der Waals surface area contributed by atoms with Gasteiger partial charge in [-0.25, -0.2) is 13.8 Å². The van der Waals surface area contributed by atoms with E-state index in [0.717, 1.165) is 23.3 Å². The molecule has 0 aliphatic rings. The zero-order valence-corrected chi connectivity index (χ0v) is 17.7. The maximum absolute atomic E-state index is 13.6. The number of hydrogen-bond acceptors (Lipinski definition) is 7. The zero-order valence-electron chi connectivity index (χ0n) is 16.9. The number of H-pyrrole nitrogens is 1.